The topological polar surface area (TPSA) is 128 Å². The van der Waals surface area contributed by atoms with Crippen molar-refractivity contribution in [3.63, 3.8) is 0 Å². The number of ketones is 2. The summed E-state index contributed by atoms with van der Waals surface area (Å²) in [7, 11) is 0. The SMILES string of the molecule is CC1=C2C(=O)C(=O)[C@@]3(C)[C@H]([C@H](C)[C@](O)(C[C@@H]1OC(=O)C(C)[C@H](CC(C)C)NC(=O)OC(C)(C)C)C2(C)C)[C@]1(C)CO[C@@H]1C[C@@H]3C. The van der Waals surface area contributed by atoms with Crippen molar-refractivity contribution in [1.82, 2.24) is 5.32 Å². The van der Waals surface area contributed by atoms with E-state index in [0.717, 1.165) is 0 Å². The molecule has 1 heterocycles. The number of alkyl carbamates (subject to hydrolysis) is 1. The van der Waals surface area contributed by atoms with E-state index in [1.165, 1.54) is 0 Å². The lowest BCUT2D eigenvalue weighted by Crippen LogP contribution is -2.73. The summed E-state index contributed by atoms with van der Waals surface area (Å²) in [5.41, 5.74) is -3.86. The molecular weight excluding hydrogens is 574 g/mol. The molecule has 2 N–H and O–H groups in total. The Morgan fingerprint density at radius 1 is 1.09 bits per heavy atom. The molecule has 0 aromatic rings. The molecule has 1 amide bonds. The van der Waals surface area contributed by atoms with Crippen LogP contribution in [0.5, 0.6) is 0 Å². The Kier molecular flexibility index (Phi) is 9.07. The van der Waals surface area contributed by atoms with Crippen LogP contribution in [0.2, 0.25) is 0 Å². The summed E-state index contributed by atoms with van der Waals surface area (Å²) in [5, 5.41) is 15.7. The first-order chi connectivity index (χ1) is 20.4. The summed E-state index contributed by atoms with van der Waals surface area (Å²) in [5.74, 6) is -3.00. The first-order valence-electron chi connectivity index (χ1n) is 16.8. The van der Waals surface area contributed by atoms with Gasteiger partial charge in [-0.3, -0.25) is 14.4 Å². The molecule has 0 radical (unpaired) electrons. The Hall–Kier alpha value is -2.26. The van der Waals surface area contributed by atoms with E-state index in [1.807, 2.05) is 48.5 Å². The molecule has 9 heteroatoms. The van der Waals surface area contributed by atoms with Gasteiger partial charge in [0.1, 0.15) is 11.7 Å². The third-order valence-electron chi connectivity index (χ3n) is 12.2. The predicted octanol–water partition coefficient (Wildman–Crippen LogP) is 5.81. The quantitative estimate of drug-likeness (QED) is 0.278. The zero-order valence-corrected chi connectivity index (χ0v) is 29.8. The van der Waals surface area contributed by atoms with Crippen molar-refractivity contribution in [1.29, 1.82) is 0 Å². The van der Waals surface area contributed by atoms with Gasteiger partial charge in [-0.15, -0.1) is 0 Å². The van der Waals surface area contributed by atoms with Crippen LogP contribution in [0.15, 0.2) is 11.1 Å². The molecule has 45 heavy (non-hydrogen) atoms. The fourth-order valence-corrected chi connectivity index (χ4v) is 9.41. The van der Waals surface area contributed by atoms with Crippen LogP contribution >= 0.6 is 0 Å². The number of ether oxygens (including phenoxy) is 3. The van der Waals surface area contributed by atoms with Crippen molar-refractivity contribution < 1.29 is 38.5 Å². The fourth-order valence-electron chi connectivity index (χ4n) is 9.41. The highest BCUT2D eigenvalue weighted by atomic mass is 16.6. The maximum absolute atomic E-state index is 14.4. The molecule has 0 spiro atoms. The van der Waals surface area contributed by atoms with Gasteiger partial charge in [0.25, 0.3) is 0 Å². The normalized spacial score (nSPS) is 39.0. The zero-order chi connectivity index (χ0) is 34.2. The Morgan fingerprint density at radius 2 is 1.69 bits per heavy atom. The van der Waals surface area contributed by atoms with Crippen LogP contribution in [0, 0.1) is 45.8 Å². The average Bonchev–Trinajstić information content (AvgIpc) is 2.89. The molecule has 2 saturated carbocycles. The lowest BCUT2D eigenvalue weighted by molar-refractivity contribution is -0.290. The molecule has 2 bridgehead atoms. The van der Waals surface area contributed by atoms with Gasteiger partial charge in [0.15, 0.2) is 0 Å². The number of hydrogen-bond donors (Lipinski definition) is 2. The van der Waals surface area contributed by atoms with Crippen molar-refractivity contribution >= 4 is 23.6 Å². The Bertz CT molecular complexity index is 1280. The third kappa shape index (κ3) is 5.57. The Balaban J connectivity index is 1.73. The molecule has 3 fully saturated rings. The van der Waals surface area contributed by atoms with E-state index in [9.17, 15) is 24.3 Å². The number of esters is 1. The van der Waals surface area contributed by atoms with E-state index in [4.69, 9.17) is 14.2 Å². The monoisotopic (exact) mass is 631 g/mol. The van der Waals surface area contributed by atoms with Gasteiger partial charge in [0, 0.05) is 34.3 Å². The second kappa shape index (κ2) is 11.5. The fraction of sp³-hybridized carbons (Fsp3) is 0.833. The Labute approximate surface area is 269 Å². The number of hydrogen-bond acceptors (Lipinski definition) is 8. The molecule has 0 aromatic heterocycles. The first kappa shape index (κ1) is 35.6. The molecule has 9 nitrogen and oxygen atoms in total. The number of amides is 1. The number of aliphatic hydroxyl groups is 1. The molecule has 3 aliphatic carbocycles. The lowest BCUT2D eigenvalue weighted by Gasteiger charge is -2.68. The summed E-state index contributed by atoms with van der Waals surface area (Å²) in [4.78, 5) is 55.3. The first-order valence-corrected chi connectivity index (χ1v) is 16.8. The molecule has 1 saturated heterocycles. The van der Waals surface area contributed by atoms with Crippen LogP contribution in [-0.2, 0) is 28.6 Å². The van der Waals surface area contributed by atoms with E-state index in [1.54, 1.807) is 34.6 Å². The number of carbonyl (C=O) groups excluding carboxylic acids is 4. The minimum Gasteiger partial charge on any atom is -0.457 e. The molecule has 1 aliphatic heterocycles. The molecule has 0 aromatic carbocycles. The van der Waals surface area contributed by atoms with Crippen LogP contribution in [0.1, 0.15) is 109 Å². The van der Waals surface area contributed by atoms with Crippen molar-refractivity contribution in [2.45, 2.75) is 139 Å². The molecule has 4 aliphatic rings. The number of Topliss-reactive ketones (excluding diaryl/α,β-unsaturated/α-hetero) is 2. The smallest absolute Gasteiger partial charge is 0.407 e. The van der Waals surface area contributed by atoms with E-state index < -0.39 is 69.6 Å². The molecular formula is C36H57NO8. The molecule has 1 unspecified atom stereocenters. The van der Waals surface area contributed by atoms with Gasteiger partial charge < -0.3 is 24.6 Å². The average molecular weight is 632 g/mol. The van der Waals surface area contributed by atoms with Crippen LogP contribution in [0.3, 0.4) is 0 Å². The van der Waals surface area contributed by atoms with Gasteiger partial charge in [-0.2, -0.15) is 0 Å². The molecule has 254 valence electrons. The minimum atomic E-state index is -1.47. The number of rotatable bonds is 6. The molecule has 10 atom stereocenters. The summed E-state index contributed by atoms with van der Waals surface area (Å²) in [6.07, 6.45) is -0.291. The van der Waals surface area contributed by atoms with Gasteiger partial charge >= 0.3 is 12.1 Å². The summed E-state index contributed by atoms with van der Waals surface area (Å²) < 4.78 is 17.6. The second-order valence-corrected chi connectivity index (χ2v) is 17.1. The van der Waals surface area contributed by atoms with Crippen LogP contribution in [-0.4, -0.2) is 64.8 Å². The number of carbonyl (C=O) groups is 4. The summed E-state index contributed by atoms with van der Waals surface area (Å²) in [6.45, 7) is 25.0. The van der Waals surface area contributed by atoms with Crippen molar-refractivity contribution in [2.75, 3.05) is 6.61 Å². The van der Waals surface area contributed by atoms with Crippen LogP contribution in [0.25, 0.3) is 0 Å². The maximum atomic E-state index is 14.4. The zero-order valence-electron chi connectivity index (χ0n) is 29.8. The number of fused-ring (bicyclic) bond motifs is 5. The second-order valence-electron chi connectivity index (χ2n) is 17.1. The molecule has 4 rings (SSSR count). The lowest BCUT2D eigenvalue weighted by atomic mass is 9.39. The van der Waals surface area contributed by atoms with Gasteiger partial charge in [-0.05, 0) is 76.7 Å². The summed E-state index contributed by atoms with van der Waals surface area (Å²) >= 11 is 0. The van der Waals surface area contributed by atoms with E-state index in [2.05, 4.69) is 12.2 Å². The largest absolute Gasteiger partial charge is 0.457 e. The van der Waals surface area contributed by atoms with Crippen molar-refractivity contribution in [3.8, 4) is 0 Å². The van der Waals surface area contributed by atoms with Gasteiger partial charge in [0.2, 0.25) is 11.6 Å². The van der Waals surface area contributed by atoms with Crippen molar-refractivity contribution in [3.05, 3.63) is 11.1 Å². The maximum Gasteiger partial charge on any atom is 0.407 e. The van der Waals surface area contributed by atoms with Gasteiger partial charge in [0.05, 0.1) is 24.2 Å². The highest BCUT2D eigenvalue weighted by Crippen LogP contribution is 2.67. The number of nitrogens with one attached hydrogen (secondary N) is 1. The van der Waals surface area contributed by atoms with E-state index in [0.29, 0.717) is 25.0 Å². The minimum absolute atomic E-state index is 0.0488. The predicted molar refractivity (Wildman–Crippen MR) is 170 cm³/mol. The van der Waals surface area contributed by atoms with Gasteiger partial charge in [-0.25, -0.2) is 4.79 Å². The highest BCUT2D eigenvalue weighted by molar-refractivity contribution is 6.46. The summed E-state index contributed by atoms with van der Waals surface area (Å²) in [6, 6.07) is -0.559. The van der Waals surface area contributed by atoms with Crippen molar-refractivity contribution in [2.24, 2.45) is 45.8 Å². The standard InChI is InChI=1S/C36H57NO8/c1-18(2)14-23(37-31(41)45-32(7,8)9)20(4)30(40)44-24-16-36(42)22(6)28-34(12)17-43-25(34)15-19(3)35(28,13)29(39)27(38)26(21(24)5)33(36,10)11/h18-20,22-25,28,42H,14-17H2,1-13H3,(H,37,41)/t19-,20?,22-,23-,24-,25+,28+,34+,35+,36+/m0/s1. The van der Waals surface area contributed by atoms with Gasteiger partial charge in [-0.1, -0.05) is 55.4 Å². The van der Waals surface area contributed by atoms with Crippen LogP contribution < -0.4 is 5.32 Å². The van der Waals surface area contributed by atoms with Crippen LogP contribution in [0.4, 0.5) is 4.79 Å². The highest BCUT2D eigenvalue weighted by Gasteiger charge is 2.72. The van der Waals surface area contributed by atoms with E-state index in [-0.39, 0.29) is 41.3 Å². The third-order valence-corrected chi connectivity index (χ3v) is 12.2. The van der Waals surface area contributed by atoms with E-state index >= 15 is 0 Å². The Morgan fingerprint density at radius 3 is 2.20 bits per heavy atom.